The van der Waals surface area contributed by atoms with E-state index in [1.165, 1.54) is 31.5 Å². The van der Waals surface area contributed by atoms with Crippen molar-refractivity contribution in [3.63, 3.8) is 0 Å². The van der Waals surface area contributed by atoms with E-state index in [-0.39, 0.29) is 5.69 Å². The van der Waals surface area contributed by atoms with Crippen LogP contribution < -0.4 is 5.73 Å². The summed E-state index contributed by atoms with van der Waals surface area (Å²) in [6.07, 6.45) is 2.58. The van der Waals surface area contributed by atoms with E-state index in [0.717, 1.165) is 12.1 Å². The molecule has 1 aromatic carbocycles. The maximum Gasteiger partial charge on any atom is 0.271 e. The largest absolute Gasteiger partial charge is 0.364 e. The second-order valence-corrected chi connectivity index (χ2v) is 5.07. The molecule has 2 heterocycles. The smallest absolute Gasteiger partial charge is 0.271 e. The molecule has 0 spiro atoms. The van der Waals surface area contributed by atoms with E-state index >= 15 is 0 Å². The fourth-order valence-corrected chi connectivity index (χ4v) is 2.57. The molecule has 0 saturated carbocycles. The number of carbonyl (C=O) groups is 1. The van der Waals surface area contributed by atoms with Gasteiger partial charge in [-0.2, -0.15) is 15.4 Å². The standard InChI is InChI=1S/C14H17N5O/c15-14(20)13-12(16-18-17-13)11-5-3-10(4-6-11)9-19-7-1-2-8-19/h3-6H,1-2,7-9H2,(H2,15,20)(H,16,17,18). The number of primary amides is 1. The second-order valence-electron chi connectivity index (χ2n) is 5.07. The Balaban J connectivity index is 1.78. The summed E-state index contributed by atoms with van der Waals surface area (Å²) < 4.78 is 0. The summed E-state index contributed by atoms with van der Waals surface area (Å²) in [6, 6.07) is 8.03. The molecule has 0 radical (unpaired) electrons. The minimum atomic E-state index is -0.574. The van der Waals surface area contributed by atoms with Gasteiger partial charge in [-0.15, -0.1) is 0 Å². The molecule has 2 aromatic rings. The normalized spacial score (nSPS) is 15.6. The van der Waals surface area contributed by atoms with Gasteiger partial charge in [-0.25, -0.2) is 0 Å². The van der Waals surface area contributed by atoms with Gasteiger partial charge in [-0.3, -0.25) is 9.69 Å². The highest BCUT2D eigenvalue weighted by Gasteiger charge is 2.15. The number of likely N-dealkylation sites (tertiary alicyclic amines) is 1. The summed E-state index contributed by atoms with van der Waals surface area (Å²) in [7, 11) is 0. The number of aromatic amines is 1. The molecule has 6 heteroatoms. The van der Waals surface area contributed by atoms with E-state index in [0.29, 0.717) is 5.69 Å². The Kier molecular flexibility index (Phi) is 3.47. The van der Waals surface area contributed by atoms with Gasteiger partial charge in [-0.05, 0) is 31.5 Å². The number of benzene rings is 1. The van der Waals surface area contributed by atoms with Crippen molar-refractivity contribution >= 4 is 5.91 Å². The van der Waals surface area contributed by atoms with E-state index in [9.17, 15) is 4.79 Å². The van der Waals surface area contributed by atoms with E-state index in [4.69, 9.17) is 5.73 Å². The first-order chi connectivity index (χ1) is 9.74. The highest BCUT2D eigenvalue weighted by molar-refractivity contribution is 5.96. The summed E-state index contributed by atoms with van der Waals surface area (Å²) in [4.78, 5) is 13.7. The molecule has 104 valence electrons. The zero-order valence-electron chi connectivity index (χ0n) is 11.2. The number of carbonyl (C=O) groups excluding carboxylic acids is 1. The number of nitrogens with two attached hydrogens (primary N) is 1. The van der Waals surface area contributed by atoms with Gasteiger partial charge >= 0.3 is 0 Å². The van der Waals surface area contributed by atoms with Crippen LogP contribution in [0.3, 0.4) is 0 Å². The lowest BCUT2D eigenvalue weighted by Crippen LogP contribution is -2.18. The number of hydrogen-bond donors (Lipinski definition) is 2. The van der Waals surface area contributed by atoms with Crippen LogP contribution in [0.15, 0.2) is 24.3 Å². The molecular formula is C14H17N5O. The molecule has 1 aliphatic heterocycles. The molecule has 6 nitrogen and oxygen atoms in total. The third-order valence-corrected chi connectivity index (χ3v) is 3.61. The van der Waals surface area contributed by atoms with Crippen molar-refractivity contribution in [1.29, 1.82) is 0 Å². The van der Waals surface area contributed by atoms with Crippen LogP contribution in [0.2, 0.25) is 0 Å². The Labute approximate surface area is 117 Å². The molecule has 20 heavy (non-hydrogen) atoms. The number of amides is 1. The molecule has 1 fully saturated rings. The lowest BCUT2D eigenvalue weighted by molar-refractivity contribution is 0.0996. The average molecular weight is 271 g/mol. The van der Waals surface area contributed by atoms with Gasteiger partial charge in [0.05, 0.1) is 0 Å². The maximum absolute atomic E-state index is 11.2. The predicted octanol–water partition coefficient (Wildman–Crippen LogP) is 1.17. The zero-order valence-corrected chi connectivity index (χ0v) is 11.2. The number of H-pyrrole nitrogens is 1. The predicted molar refractivity (Wildman–Crippen MR) is 74.8 cm³/mol. The summed E-state index contributed by atoms with van der Waals surface area (Å²) in [6.45, 7) is 3.33. The van der Waals surface area contributed by atoms with Crippen LogP contribution >= 0.6 is 0 Å². The lowest BCUT2D eigenvalue weighted by Gasteiger charge is -2.14. The minimum Gasteiger partial charge on any atom is -0.364 e. The van der Waals surface area contributed by atoms with E-state index in [1.54, 1.807) is 0 Å². The van der Waals surface area contributed by atoms with Gasteiger partial charge < -0.3 is 5.73 Å². The van der Waals surface area contributed by atoms with Crippen molar-refractivity contribution in [2.45, 2.75) is 19.4 Å². The number of rotatable bonds is 4. The molecule has 1 amide bonds. The van der Waals surface area contributed by atoms with E-state index in [2.05, 4.69) is 32.4 Å². The van der Waals surface area contributed by atoms with Gasteiger partial charge in [0.2, 0.25) is 0 Å². The average Bonchev–Trinajstić information content (AvgIpc) is 3.10. The Morgan fingerprint density at radius 1 is 1.20 bits per heavy atom. The van der Waals surface area contributed by atoms with Crippen LogP contribution in [0.5, 0.6) is 0 Å². The molecule has 0 aliphatic carbocycles. The summed E-state index contributed by atoms with van der Waals surface area (Å²) >= 11 is 0. The highest BCUT2D eigenvalue weighted by Crippen LogP contribution is 2.21. The van der Waals surface area contributed by atoms with Crippen molar-refractivity contribution in [2.24, 2.45) is 5.73 Å². The summed E-state index contributed by atoms with van der Waals surface area (Å²) in [5.74, 6) is -0.574. The zero-order chi connectivity index (χ0) is 13.9. The molecular weight excluding hydrogens is 254 g/mol. The number of aromatic nitrogens is 3. The van der Waals surface area contributed by atoms with Crippen molar-refractivity contribution in [1.82, 2.24) is 20.3 Å². The lowest BCUT2D eigenvalue weighted by atomic mass is 10.1. The second kappa shape index (κ2) is 5.42. The van der Waals surface area contributed by atoms with Gasteiger partial charge in [0.1, 0.15) is 5.69 Å². The molecule has 1 aliphatic rings. The fourth-order valence-electron chi connectivity index (χ4n) is 2.57. The summed E-state index contributed by atoms with van der Waals surface area (Å²) in [5.41, 5.74) is 8.06. The van der Waals surface area contributed by atoms with Crippen molar-refractivity contribution in [3.05, 3.63) is 35.5 Å². The van der Waals surface area contributed by atoms with E-state index < -0.39 is 5.91 Å². The molecule has 0 unspecified atom stereocenters. The minimum absolute atomic E-state index is 0.178. The maximum atomic E-state index is 11.2. The first kappa shape index (κ1) is 12.8. The Bertz CT molecular complexity index is 598. The first-order valence-electron chi connectivity index (χ1n) is 6.76. The highest BCUT2D eigenvalue weighted by atomic mass is 16.1. The van der Waals surface area contributed by atoms with Gasteiger partial charge in [0.15, 0.2) is 5.69 Å². The molecule has 0 bridgehead atoms. The topological polar surface area (TPSA) is 87.9 Å². The third-order valence-electron chi connectivity index (χ3n) is 3.61. The number of nitrogens with zero attached hydrogens (tertiary/aromatic N) is 3. The SMILES string of the molecule is NC(=O)c1n[nH]nc1-c1ccc(CN2CCCC2)cc1. The van der Waals surface area contributed by atoms with Gasteiger partial charge in [-0.1, -0.05) is 24.3 Å². The van der Waals surface area contributed by atoms with Crippen molar-refractivity contribution in [3.8, 4) is 11.3 Å². The van der Waals surface area contributed by atoms with Crippen LogP contribution in [0.1, 0.15) is 28.9 Å². The van der Waals surface area contributed by atoms with E-state index in [1.807, 2.05) is 12.1 Å². The first-order valence-corrected chi connectivity index (χ1v) is 6.76. The van der Waals surface area contributed by atoms with Gasteiger partial charge in [0.25, 0.3) is 5.91 Å². The van der Waals surface area contributed by atoms with Crippen molar-refractivity contribution < 1.29 is 4.79 Å². The number of nitrogens with one attached hydrogen (secondary N) is 1. The van der Waals surface area contributed by atoms with Crippen LogP contribution in [-0.2, 0) is 6.54 Å². The quantitative estimate of drug-likeness (QED) is 0.873. The third kappa shape index (κ3) is 2.55. The summed E-state index contributed by atoms with van der Waals surface area (Å²) in [5, 5.41) is 10.2. The Morgan fingerprint density at radius 2 is 1.90 bits per heavy atom. The van der Waals surface area contributed by atoms with Crippen LogP contribution in [0.25, 0.3) is 11.3 Å². The molecule has 1 aromatic heterocycles. The van der Waals surface area contributed by atoms with Crippen LogP contribution in [0, 0.1) is 0 Å². The van der Waals surface area contributed by atoms with Gasteiger partial charge in [0, 0.05) is 12.1 Å². The van der Waals surface area contributed by atoms with Crippen molar-refractivity contribution in [2.75, 3.05) is 13.1 Å². The fraction of sp³-hybridized carbons (Fsp3) is 0.357. The number of hydrogen-bond acceptors (Lipinski definition) is 4. The molecule has 0 atom stereocenters. The van der Waals surface area contributed by atoms with Crippen LogP contribution in [-0.4, -0.2) is 39.3 Å². The Morgan fingerprint density at radius 3 is 2.55 bits per heavy atom. The molecule has 1 saturated heterocycles. The molecule has 3 N–H and O–H groups in total. The van der Waals surface area contributed by atoms with Crippen LogP contribution in [0.4, 0.5) is 0 Å². The molecule has 3 rings (SSSR count). The Hall–Kier alpha value is -2.21. The monoisotopic (exact) mass is 271 g/mol.